The Labute approximate surface area is 320 Å². The van der Waals surface area contributed by atoms with Crippen molar-refractivity contribution in [1.82, 2.24) is 0 Å². The highest BCUT2D eigenvalue weighted by molar-refractivity contribution is 6.43. The van der Waals surface area contributed by atoms with Gasteiger partial charge in [-0.25, -0.2) is 0 Å². The van der Waals surface area contributed by atoms with Gasteiger partial charge in [-0.3, -0.25) is 9.59 Å². The van der Waals surface area contributed by atoms with Crippen molar-refractivity contribution < 1.29 is 28.9 Å². The van der Waals surface area contributed by atoms with Gasteiger partial charge >= 0.3 is 0 Å². The summed E-state index contributed by atoms with van der Waals surface area (Å²) in [5.41, 5.74) is 1.44. The second-order valence-electron chi connectivity index (χ2n) is 12.5. The molecule has 0 saturated heterocycles. The van der Waals surface area contributed by atoms with E-state index in [2.05, 4.69) is 26.0 Å². The van der Waals surface area contributed by atoms with Crippen molar-refractivity contribution in [2.45, 2.75) is 45.3 Å². The number of carbonyl (C=O) groups is 2. The second-order valence-corrected chi connectivity index (χ2v) is 14.2. The number of hydrogen-bond acceptors (Lipinski definition) is 10. The molecular formula is C36H34Cl4N6O6. The van der Waals surface area contributed by atoms with Crippen LogP contribution in [0.25, 0.3) is 0 Å². The number of rotatable bonds is 10. The average molecular weight is 789 g/mol. The minimum Gasteiger partial charge on any atom is -0.508 e. The number of nitrogens with zero attached hydrogens (tertiary/aromatic N) is 4. The maximum atomic E-state index is 13.9. The Morgan fingerprint density at radius 1 is 0.923 bits per heavy atom. The first kappa shape index (κ1) is 38.5. The summed E-state index contributed by atoms with van der Waals surface area (Å²) in [5, 5.41) is 30.9. The number of hydrogen-bond donors (Lipinski definition) is 3. The molecular weight excluding hydrogens is 754 g/mol. The quantitative estimate of drug-likeness (QED) is 0.136. The average Bonchev–Trinajstić information content (AvgIpc) is 3.38. The molecule has 0 radical (unpaired) electrons. The normalized spacial score (nSPS) is 15.0. The van der Waals surface area contributed by atoms with Gasteiger partial charge in [-0.15, -0.1) is 5.10 Å². The van der Waals surface area contributed by atoms with Gasteiger partial charge in [-0.1, -0.05) is 67.2 Å². The van der Waals surface area contributed by atoms with Gasteiger partial charge in [0.2, 0.25) is 6.04 Å². The summed E-state index contributed by atoms with van der Waals surface area (Å²) in [4.78, 5) is 27.1. The lowest BCUT2D eigenvalue weighted by Crippen LogP contribution is -2.33. The molecule has 16 heteroatoms. The van der Waals surface area contributed by atoms with Crippen LogP contribution in [0, 0.1) is 0 Å². The number of amidine groups is 1. The molecule has 0 spiro atoms. The van der Waals surface area contributed by atoms with Crippen LogP contribution in [-0.4, -0.2) is 49.1 Å². The molecule has 2 unspecified atom stereocenters. The number of nitrogens with one attached hydrogen (secondary N) is 2. The lowest BCUT2D eigenvalue weighted by molar-refractivity contribution is -0.122. The third-order valence-corrected chi connectivity index (χ3v) is 8.84. The van der Waals surface area contributed by atoms with Crippen LogP contribution in [0.15, 0.2) is 82.1 Å². The SMILES string of the molecule is COc1ccc(/N=N/C2C(=O)N(c3c(Cl)cc(Cl)cc3Cl)N=C2Nc2cc(NC(=O)C(C)Oc3ccc(O)c(C(C)(C)C)c3)ccc2Cl)cc1OC. The molecule has 4 aromatic rings. The Bertz CT molecular complexity index is 2060. The minimum absolute atomic E-state index is 0.0281. The molecule has 1 aliphatic rings. The number of phenolic OH excluding ortho intramolecular Hbond substituents is 1. The van der Waals surface area contributed by atoms with Crippen LogP contribution in [0.4, 0.5) is 22.7 Å². The smallest absolute Gasteiger partial charge is 0.282 e. The predicted molar refractivity (Wildman–Crippen MR) is 205 cm³/mol. The minimum atomic E-state index is -1.30. The number of methoxy groups -OCH3 is 2. The van der Waals surface area contributed by atoms with E-state index in [9.17, 15) is 14.7 Å². The fraction of sp³-hybridized carbons (Fsp3) is 0.250. The van der Waals surface area contributed by atoms with Crippen LogP contribution in [0.2, 0.25) is 20.1 Å². The zero-order chi connectivity index (χ0) is 37.9. The first-order valence-electron chi connectivity index (χ1n) is 15.7. The van der Waals surface area contributed by atoms with Crippen LogP contribution in [0.5, 0.6) is 23.0 Å². The third kappa shape index (κ3) is 8.64. The fourth-order valence-corrected chi connectivity index (χ4v) is 6.22. The summed E-state index contributed by atoms with van der Waals surface area (Å²) in [5.74, 6) is 0.400. The Hall–Kier alpha value is -4.75. The number of ether oxygens (including phenoxy) is 3. The van der Waals surface area contributed by atoms with Crippen molar-refractivity contribution in [3.63, 3.8) is 0 Å². The van der Waals surface area contributed by atoms with E-state index in [0.29, 0.717) is 34.2 Å². The van der Waals surface area contributed by atoms with E-state index in [1.165, 1.54) is 32.4 Å². The van der Waals surface area contributed by atoms with Crippen molar-refractivity contribution >= 4 is 86.8 Å². The van der Waals surface area contributed by atoms with Gasteiger partial charge in [0.15, 0.2) is 23.4 Å². The summed E-state index contributed by atoms with van der Waals surface area (Å²) in [6.45, 7) is 7.49. The molecule has 5 rings (SSSR count). The summed E-state index contributed by atoms with van der Waals surface area (Å²) in [6, 6.07) is 16.0. The third-order valence-electron chi connectivity index (χ3n) is 7.71. The summed E-state index contributed by atoms with van der Waals surface area (Å²) < 4.78 is 16.6. The molecule has 12 nitrogen and oxygen atoms in total. The van der Waals surface area contributed by atoms with Crippen molar-refractivity contribution in [2.75, 3.05) is 29.9 Å². The molecule has 1 aliphatic heterocycles. The zero-order valence-electron chi connectivity index (χ0n) is 28.8. The monoisotopic (exact) mass is 786 g/mol. The molecule has 272 valence electrons. The maximum Gasteiger partial charge on any atom is 0.282 e. The van der Waals surface area contributed by atoms with E-state index in [1.54, 1.807) is 55.5 Å². The standard InChI is InChI=1S/C36H34Cl4N6O6/c1-18(52-22-9-11-28(47)23(17-22)36(2,3)4)34(48)41-20-7-10-24(38)27(15-20)42-33-31(44-43-21-8-12-29(50-5)30(16-21)51-6)35(49)46(45-33)32-25(39)13-19(37)14-26(32)40/h7-18,31,47H,1-6H3,(H,41,48)(H,42,45)/b44-43+. The van der Waals surface area contributed by atoms with Crippen molar-refractivity contribution in [3.8, 4) is 23.0 Å². The highest BCUT2D eigenvalue weighted by Gasteiger charge is 2.40. The number of hydrazone groups is 1. The molecule has 0 fully saturated rings. The largest absolute Gasteiger partial charge is 0.508 e. The van der Waals surface area contributed by atoms with E-state index < -0.39 is 24.0 Å². The number of phenols is 1. The molecule has 2 atom stereocenters. The number of amides is 2. The molecule has 1 heterocycles. The van der Waals surface area contributed by atoms with Crippen LogP contribution >= 0.6 is 46.4 Å². The van der Waals surface area contributed by atoms with Crippen LogP contribution < -0.4 is 29.9 Å². The molecule has 0 saturated carbocycles. The van der Waals surface area contributed by atoms with Crippen LogP contribution in [0.3, 0.4) is 0 Å². The van der Waals surface area contributed by atoms with Gasteiger partial charge in [0, 0.05) is 22.3 Å². The molecule has 0 aromatic heterocycles. The van der Waals surface area contributed by atoms with Gasteiger partial charge in [0.1, 0.15) is 17.2 Å². The van der Waals surface area contributed by atoms with E-state index in [-0.39, 0.29) is 48.5 Å². The fourth-order valence-electron chi connectivity index (χ4n) is 5.08. The van der Waals surface area contributed by atoms with E-state index in [0.717, 1.165) is 5.01 Å². The first-order chi connectivity index (χ1) is 24.6. The first-order valence-corrected chi connectivity index (χ1v) is 17.2. The van der Waals surface area contributed by atoms with Gasteiger partial charge < -0.3 is 30.0 Å². The topological polar surface area (TPSA) is 146 Å². The number of benzene rings is 4. The zero-order valence-corrected chi connectivity index (χ0v) is 31.8. The highest BCUT2D eigenvalue weighted by atomic mass is 35.5. The van der Waals surface area contributed by atoms with Gasteiger partial charge in [0.05, 0.1) is 40.7 Å². The Balaban J connectivity index is 1.42. The Morgan fingerprint density at radius 2 is 1.62 bits per heavy atom. The van der Waals surface area contributed by atoms with Crippen molar-refractivity contribution in [2.24, 2.45) is 15.3 Å². The lowest BCUT2D eigenvalue weighted by Gasteiger charge is -2.22. The van der Waals surface area contributed by atoms with Gasteiger partial charge in [-0.2, -0.15) is 15.2 Å². The Morgan fingerprint density at radius 3 is 2.27 bits per heavy atom. The molecule has 0 bridgehead atoms. The lowest BCUT2D eigenvalue weighted by atomic mass is 9.86. The summed E-state index contributed by atoms with van der Waals surface area (Å²) in [7, 11) is 2.99. The number of azo groups is 1. The maximum absolute atomic E-state index is 13.9. The Kier molecular flexibility index (Phi) is 11.7. The molecule has 3 N–H and O–H groups in total. The number of aromatic hydroxyl groups is 1. The van der Waals surface area contributed by atoms with Crippen molar-refractivity contribution in [1.29, 1.82) is 0 Å². The van der Waals surface area contributed by atoms with Crippen LogP contribution in [0.1, 0.15) is 33.3 Å². The number of anilines is 3. The van der Waals surface area contributed by atoms with E-state index in [1.807, 2.05) is 20.8 Å². The summed E-state index contributed by atoms with van der Waals surface area (Å²) in [6.07, 6.45) is -0.912. The molecule has 4 aromatic carbocycles. The van der Waals surface area contributed by atoms with Gasteiger partial charge in [0.25, 0.3) is 11.8 Å². The van der Waals surface area contributed by atoms with Crippen LogP contribution in [-0.2, 0) is 15.0 Å². The predicted octanol–water partition coefficient (Wildman–Crippen LogP) is 9.65. The highest BCUT2D eigenvalue weighted by Crippen LogP contribution is 2.40. The van der Waals surface area contributed by atoms with Gasteiger partial charge in [-0.05, 0) is 73.0 Å². The molecule has 52 heavy (non-hydrogen) atoms. The number of halogens is 4. The molecule has 2 amide bonds. The second kappa shape index (κ2) is 15.9. The molecule has 0 aliphatic carbocycles. The summed E-state index contributed by atoms with van der Waals surface area (Å²) >= 11 is 25.6. The number of carbonyl (C=O) groups excluding carboxylic acids is 2. The van der Waals surface area contributed by atoms with Crippen molar-refractivity contribution in [3.05, 3.63) is 92.4 Å². The van der Waals surface area contributed by atoms with E-state index in [4.69, 9.17) is 60.6 Å². The van der Waals surface area contributed by atoms with E-state index >= 15 is 0 Å².